The summed E-state index contributed by atoms with van der Waals surface area (Å²) in [6.07, 6.45) is 1.77. The van der Waals surface area contributed by atoms with Crippen molar-refractivity contribution in [2.45, 2.75) is 6.92 Å². The molecular formula is C6H7N3. The van der Waals surface area contributed by atoms with Crippen LogP contribution in [0.3, 0.4) is 0 Å². The molecule has 46 valence electrons. The number of aromatic nitrogens is 1. The van der Waals surface area contributed by atoms with Crippen molar-refractivity contribution in [2.24, 2.45) is 0 Å². The fourth-order valence-electron chi connectivity index (χ4n) is 0.557. The summed E-state index contributed by atoms with van der Waals surface area (Å²) in [5.41, 5.74) is 9.81. The molecule has 1 aromatic heterocycles. The number of H-pyrrole nitrogens is 1. The van der Waals surface area contributed by atoms with Gasteiger partial charge in [0.15, 0.2) is 0 Å². The smallest absolute Gasteiger partial charge is 0.356 e. The van der Waals surface area contributed by atoms with E-state index in [1.165, 1.54) is 0 Å². The lowest BCUT2D eigenvalue weighted by molar-refractivity contribution is -0.0720. The van der Waals surface area contributed by atoms with Gasteiger partial charge in [-0.15, -0.1) is 0 Å². The van der Waals surface area contributed by atoms with Crippen molar-refractivity contribution in [3.63, 3.8) is 0 Å². The molecule has 0 radical (unpaired) electrons. The maximum absolute atomic E-state index is 8.22. The molecule has 0 saturated heterocycles. The Kier molecular flexibility index (Phi) is 1.47. The molecule has 0 spiro atoms. The van der Waals surface area contributed by atoms with Crippen molar-refractivity contribution < 1.29 is 4.79 Å². The van der Waals surface area contributed by atoms with Gasteiger partial charge in [0.25, 0.3) is 0 Å². The zero-order valence-corrected chi connectivity index (χ0v) is 5.13. The van der Waals surface area contributed by atoms with Crippen molar-refractivity contribution in [3.8, 4) is 0 Å². The number of hydrogen-bond donors (Lipinski definition) is 1. The van der Waals surface area contributed by atoms with Crippen LogP contribution in [-0.2, 0) is 0 Å². The second-order valence-electron chi connectivity index (χ2n) is 1.85. The lowest BCUT2D eigenvalue weighted by atomic mass is 10.3. The lowest BCUT2D eigenvalue weighted by Gasteiger charge is -1.80. The maximum atomic E-state index is 8.22. The van der Waals surface area contributed by atoms with Crippen molar-refractivity contribution in [1.29, 1.82) is 0 Å². The summed E-state index contributed by atoms with van der Waals surface area (Å²) in [4.78, 5) is 5.73. The van der Waals surface area contributed by atoms with E-state index in [1.54, 1.807) is 12.3 Å². The Morgan fingerprint density at radius 1 is 1.56 bits per heavy atom. The highest BCUT2D eigenvalue weighted by Gasteiger charge is 1.84. The number of pyridine rings is 1. The molecule has 0 aromatic carbocycles. The summed E-state index contributed by atoms with van der Waals surface area (Å²) >= 11 is 0. The molecular weight excluding hydrogens is 114 g/mol. The van der Waals surface area contributed by atoms with E-state index in [2.05, 4.69) is 9.77 Å². The Balaban J connectivity index is 3.33. The molecule has 0 aliphatic heterocycles. The minimum absolute atomic E-state index is 0.473. The summed E-state index contributed by atoms with van der Waals surface area (Å²) in [6, 6.07) is 3.57. The van der Waals surface area contributed by atoms with Crippen molar-refractivity contribution in [2.75, 3.05) is 0 Å². The third kappa shape index (κ3) is 1.27. The fraction of sp³-hybridized carbons (Fsp3) is 0.167. The molecule has 0 aliphatic rings. The molecule has 3 nitrogen and oxygen atoms in total. The van der Waals surface area contributed by atoms with Crippen molar-refractivity contribution in [1.82, 2.24) is 4.98 Å². The Bertz CT molecular complexity index is 260. The Morgan fingerprint density at radius 3 is 2.78 bits per heavy atom. The number of nitrogens with one attached hydrogen (secondary N) is 1. The highest BCUT2D eigenvalue weighted by molar-refractivity contribution is 5.03. The van der Waals surface area contributed by atoms with Gasteiger partial charge in [0.1, 0.15) is 0 Å². The molecule has 3 heteroatoms. The topological polar surface area (TPSA) is 52.2 Å². The van der Waals surface area contributed by atoms with Gasteiger partial charge in [-0.2, -0.15) is 0 Å². The second-order valence-corrected chi connectivity index (χ2v) is 1.85. The van der Waals surface area contributed by atoms with Gasteiger partial charge in [0.2, 0.25) is 0 Å². The highest BCUT2D eigenvalue weighted by Crippen LogP contribution is 1.84. The van der Waals surface area contributed by atoms with Crippen LogP contribution in [-0.4, -0.2) is 9.77 Å². The third-order valence-electron chi connectivity index (χ3n) is 1.06. The van der Waals surface area contributed by atoms with E-state index < -0.39 is 0 Å². The first kappa shape index (κ1) is 5.79. The van der Waals surface area contributed by atoms with Gasteiger partial charge in [0, 0.05) is 6.07 Å². The van der Waals surface area contributed by atoms with Crippen LogP contribution >= 0.6 is 0 Å². The first-order valence-electron chi connectivity index (χ1n) is 2.66. The Morgan fingerprint density at radius 2 is 2.33 bits per heavy atom. The predicted molar refractivity (Wildman–Crippen MR) is 32.3 cm³/mol. The molecule has 0 saturated carbocycles. The van der Waals surface area contributed by atoms with Crippen LogP contribution in [0.1, 0.15) is 5.56 Å². The van der Waals surface area contributed by atoms with E-state index in [4.69, 9.17) is 5.53 Å². The van der Waals surface area contributed by atoms with Crippen LogP contribution in [0.25, 0.3) is 5.53 Å². The van der Waals surface area contributed by atoms with Crippen molar-refractivity contribution in [3.05, 3.63) is 34.9 Å². The molecule has 1 heterocycles. The molecule has 0 aliphatic carbocycles. The summed E-state index contributed by atoms with van der Waals surface area (Å²) in [7, 11) is 0. The first-order valence-corrected chi connectivity index (χ1v) is 2.66. The zero-order valence-electron chi connectivity index (χ0n) is 5.13. The summed E-state index contributed by atoms with van der Waals surface area (Å²) in [5, 5.41) is 0. The molecule has 1 aromatic rings. The predicted octanol–water partition coefficient (Wildman–Crippen LogP) is 0.454. The molecule has 0 atom stereocenters. The van der Waals surface area contributed by atoms with E-state index in [0.29, 0.717) is 5.49 Å². The molecule has 0 unspecified atom stereocenters. The molecule has 0 amide bonds. The first-order chi connectivity index (χ1) is 4.33. The van der Waals surface area contributed by atoms with E-state index in [-0.39, 0.29) is 0 Å². The van der Waals surface area contributed by atoms with Crippen LogP contribution in [0.5, 0.6) is 0 Å². The molecule has 9 heavy (non-hydrogen) atoms. The number of aromatic amines is 1. The Hall–Kier alpha value is -1.34. The average Bonchev–Trinajstić information content (AvgIpc) is 1.90. The SMILES string of the molecule is Cc1ccc(=[N+]=[N-])[nH]c1. The van der Waals surface area contributed by atoms with Crippen LogP contribution in [0.2, 0.25) is 0 Å². The van der Waals surface area contributed by atoms with Gasteiger partial charge in [-0.1, -0.05) is 0 Å². The fourth-order valence-corrected chi connectivity index (χ4v) is 0.557. The van der Waals surface area contributed by atoms with Crippen LogP contribution in [0.15, 0.2) is 18.3 Å². The normalized spacial score (nSPS) is 8.56. The average molecular weight is 121 g/mol. The van der Waals surface area contributed by atoms with Crippen LogP contribution in [0, 0.1) is 6.92 Å². The lowest BCUT2D eigenvalue weighted by Crippen LogP contribution is -2.05. The molecule has 0 bridgehead atoms. The highest BCUT2D eigenvalue weighted by atomic mass is 14.9. The number of aryl methyl sites for hydroxylation is 1. The molecule has 0 fully saturated rings. The minimum Gasteiger partial charge on any atom is -0.497 e. The van der Waals surface area contributed by atoms with Crippen LogP contribution in [0.4, 0.5) is 0 Å². The monoisotopic (exact) mass is 121 g/mol. The number of rotatable bonds is 0. The quantitative estimate of drug-likeness (QED) is 0.383. The van der Waals surface area contributed by atoms with Gasteiger partial charge in [-0.25, -0.2) is 4.98 Å². The zero-order chi connectivity index (χ0) is 6.69. The second kappa shape index (κ2) is 2.29. The van der Waals surface area contributed by atoms with Gasteiger partial charge in [0.05, 0.1) is 6.20 Å². The summed E-state index contributed by atoms with van der Waals surface area (Å²) in [6.45, 7) is 1.96. The van der Waals surface area contributed by atoms with Crippen molar-refractivity contribution >= 4 is 0 Å². The minimum atomic E-state index is 0.473. The van der Waals surface area contributed by atoms with Crippen LogP contribution < -0.4 is 5.49 Å². The van der Waals surface area contributed by atoms with E-state index >= 15 is 0 Å². The summed E-state index contributed by atoms with van der Waals surface area (Å²) < 4.78 is 0. The summed E-state index contributed by atoms with van der Waals surface area (Å²) in [5.74, 6) is 0. The third-order valence-corrected chi connectivity index (χ3v) is 1.06. The maximum Gasteiger partial charge on any atom is 0.356 e. The van der Waals surface area contributed by atoms with Gasteiger partial charge < -0.3 is 10.3 Å². The van der Waals surface area contributed by atoms with Gasteiger partial charge in [-0.05, 0) is 18.6 Å². The standard InChI is InChI=1S/C6H7N3/c1-5-2-3-6(9-7)8-4-5/h2-4,8H,1H3. The van der Waals surface area contributed by atoms with E-state index in [0.717, 1.165) is 5.56 Å². The Labute approximate surface area is 52.6 Å². The van der Waals surface area contributed by atoms with E-state index in [1.807, 2.05) is 13.0 Å². The number of hydrogen-bond acceptors (Lipinski definition) is 0. The number of nitrogens with zero attached hydrogens (tertiary/aromatic N) is 2. The van der Waals surface area contributed by atoms with E-state index in [9.17, 15) is 0 Å². The molecule has 1 N–H and O–H groups in total. The van der Waals surface area contributed by atoms with Gasteiger partial charge in [-0.3, -0.25) is 0 Å². The van der Waals surface area contributed by atoms with Gasteiger partial charge >= 0.3 is 5.49 Å². The molecule has 1 rings (SSSR count). The largest absolute Gasteiger partial charge is 0.497 e.